The lowest BCUT2D eigenvalue weighted by atomic mass is 10.2. The Hall–Kier alpha value is -2.50. The van der Waals surface area contributed by atoms with E-state index in [1.165, 1.54) is 0 Å². The molecule has 1 aliphatic rings. The monoisotopic (exact) mass is 459 g/mol. The lowest BCUT2D eigenvalue weighted by Gasteiger charge is -2.36. The second kappa shape index (κ2) is 9.75. The summed E-state index contributed by atoms with van der Waals surface area (Å²) in [4.78, 5) is 4.25. The van der Waals surface area contributed by atoms with Crippen molar-refractivity contribution in [1.29, 1.82) is 0 Å². The normalized spacial score (nSPS) is 15.7. The molecular weight excluding hydrogens is 435 g/mol. The van der Waals surface area contributed by atoms with Gasteiger partial charge in [-0.25, -0.2) is 13.1 Å². The van der Waals surface area contributed by atoms with E-state index in [1.54, 1.807) is 7.11 Å². The minimum atomic E-state index is -4.83. The third-order valence-corrected chi connectivity index (χ3v) is 6.36. The van der Waals surface area contributed by atoms with Crippen LogP contribution < -0.4 is 19.1 Å². The molecule has 11 heteroatoms. The van der Waals surface area contributed by atoms with Gasteiger partial charge in [-0.15, -0.1) is 13.2 Å². The molecule has 7 nitrogen and oxygen atoms in total. The van der Waals surface area contributed by atoms with Crippen molar-refractivity contribution in [3.05, 3.63) is 48.5 Å². The standard InChI is InChI=1S/C20H24F3N3O4S/c1-29-19-5-3-2-4-18(19)26-14-12-25(13-15-26)11-10-24-31(27,28)17-8-6-16(7-9-17)30-20(21,22)23/h2-9,24H,10-15H2,1H3. The summed E-state index contributed by atoms with van der Waals surface area (Å²) in [6.45, 7) is 3.82. The average Bonchev–Trinajstić information content (AvgIpc) is 2.73. The molecule has 1 fully saturated rings. The molecule has 170 valence electrons. The minimum absolute atomic E-state index is 0.122. The zero-order valence-electron chi connectivity index (χ0n) is 16.9. The van der Waals surface area contributed by atoms with Crippen LogP contribution in [0.3, 0.4) is 0 Å². The Morgan fingerprint density at radius 1 is 1.00 bits per heavy atom. The van der Waals surface area contributed by atoms with Crippen molar-refractivity contribution in [2.24, 2.45) is 0 Å². The lowest BCUT2D eigenvalue weighted by molar-refractivity contribution is -0.274. The molecule has 3 rings (SSSR count). The van der Waals surface area contributed by atoms with Crippen molar-refractivity contribution < 1.29 is 31.1 Å². The van der Waals surface area contributed by atoms with E-state index in [1.807, 2.05) is 24.3 Å². The summed E-state index contributed by atoms with van der Waals surface area (Å²) in [5, 5.41) is 0. The molecule has 0 amide bonds. The molecule has 0 spiro atoms. The Morgan fingerprint density at radius 2 is 1.65 bits per heavy atom. The van der Waals surface area contributed by atoms with Gasteiger partial charge >= 0.3 is 6.36 Å². The third kappa shape index (κ3) is 6.49. The van der Waals surface area contributed by atoms with Gasteiger partial charge in [0.15, 0.2) is 0 Å². The first kappa shape index (κ1) is 23.2. The van der Waals surface area contributed by atoms with Crippen LogP contribution in [0.25, 0.3) is 0 Å². The van der Waals surface area contributed by atoms with Gasteiger partial charge in [-0.05, 0) is 36.4 Å². The molecule has 2 aromatic carbocycles. The van der Waals surface area contributed by atoms with E-state index < -0.39 is 22.1 Å². The number of para-hydroxylation sites is 2. The molecule has 0 aliphatic carbocycles. The van der Waals surface area contributed by atoms with Crippen LogP contribution in [0, 0.1) is 0 Å². The maximum Gasteiger partial charge on any atom is 0.573 e. The fourth-order valence-corrected chi connectivity index (χ4v) is 4.37. The number of piperazine rings is 1. The number of hydrogen-bond donors (Lipinski definition) is 1. The van der Waals surface area contributed by atoms with Gasteiger partial charge in [0, 0.05) is 39.3 Å². The summed E-state index contributed by atoms with van der Waals surface area (Å²) in [6, 6.07) is 11.9. The molecule has 0 unspecified atom stereocenters. The van der Waals surface area contributed by atoms with Crippen LogP contribution in [0.1, 0.15) is 0 Å². The lowest BCUT2D eigenvalue weighted by Crippen LogP contribution is -2.48. The van der Waals surface area contributed by atoms with E-state index in [4.69, 9.17) is 4.74 Å². The maximum absolute atomic E-state index is 12.4. The molecule has 1 aliphatic heterocycles. The quantitative estimate of drug-likeness (QED) is 0.655. The average molecular weight is 459 g/mol. The number of methoxy groups -OCH3 is 1. The molecule has 1 N–H and O–H groups in total. The molecule has 1 saturated heterocycles. The molecule has 1 heterocycles. The van der Waals surface area contributed by atoms with Gasteiger partial charge in [0.25, 0.3) is 0 Å². The van der Waals surface area contributed by atoms with Crippen molar-refractivity contribution >= 4 is 15.7 Å². The number of ether oxygens (including phenoxy) is 2. The summed E-state index contributed by atoms with van der Waals surface area (Å²) < 4.78 is 73.0. The van der Waals surface area contributed by atoms with Crippen LogP contribution in [-0.2, 0) is 10.0 Å². The zero-order chi connectivity index (χ0) is 22.5. The number of nitrogens with zero attached hydrogens (tertiary/aromatic N) is 2. The Bertz CT molecular complexity index is 960. The molecule has 0 saturated carbocycles. The predicted molar refractivity (Wildman–Crippen MR) is 110 cm³/mol. The van der Waals surface area contributed by atoms with Crippen molar-refractivity contribution in [3.8, 4) is 11.5 Å². The highest BCUT2D eigenvalue weighted by Gasteiger charge is 2.31. The summed E-state index contributed by atoms with van der Waals surface area (Å²) in [5.74, 6) is 0.342. The Kier molecular flexibility index (Phi) is 7.29. The second-order valence-corrected chi connectivity index (χ2v) is 8.68. The van der Waals surface area contributed by atoms with Crippen molar-refractivity contribution in [3.63, 3.8) is 0 Å². The highest BCUT2D eigenvalue weighted by molar-refractivity contribution is 7.89. The van der Waals surface area contributed by atoms with Crippen molar-refractivity contribution in [2.75, 3.05) is 51.3 Å². The number of sulfonamides is 1. The van der Waals surface area contributed by atoms with Crippen LogP contribution in [0.15, 0.2) is 53.4 Å². The first-order chi connectivity index (χ1) is 14.7. The Labute approximate surface area is 179 Å². The first-order valence-corrected chi connectivity index (χ1v) is 11.1. The molecule has 2 aromatic rings. The smallest absolute Gasteiger partial charge is 0.495 e. The summed E-state index contributed by atoms with van der Waals surface area (Å²) in [5.41, 5.74) is 1.03. The number of benzene rings is 2. The van der Waals surface area contributed by atoms with Gasteiger partial charge < -0.3 is 14.4 Å². The molecule has 0 aromatic heterocycles. The Balaban J connectivity index is 1.47. The molecule has 31 heavy (non-hydrogen) atoms. The number of halogens is 3. The van der Waals surface area contributed by atoms with E-state index in [0.717, 1.165) is 61.9 Å². The molecule has 0 bridgehead atoms. The number of anilines is 1. The largest absolute Gasteiger partial charge is 0.573 e. The third-order valence-electron chi connectivity index (χ3n) is 4.89. The first-order valence-electron chi connectivity index (χ1n) is 9.64. The number of nitrogens with one attached hydrogen (secondary N) is 1. The fraction of sp³-hybridized carbons (Fsp3) is 0.400. The minimum Gasteiger partial charge on any atom is -0.495 e. The highest BCUT2D eigenvalue weighted by Crippen LogP contribution is 2.28. The van der Waals surface area contributed by atoms with Crippen LogP contribution >= 0.6 is 0 Å². The van der Waals surface area contributed by atoms with Crippen LogP contribution in [-0.4, -0.2) is 66.1 Å². The van der Waals surface area contributed by atoms with E-state index in [9.17, 15) is 21.6 Å². The summed E-state index contributed by atoms with van der Waals surface area (Å²) in [6.07, 6.45) is -4.83. The van der Waals surface area contributed by atoms with Gasteiger partial charge in [0.1, 0.15) is 11.5 Å². The van der Waals surface area contributed by atoms with E-state index >= 15 is 0 Å². The summed E-state index contributed by atoms with van der Waals surface area (Å²) in [7, 11) is -2.19. The summed E-state index contributed by atoms with van der Waals surface area (Å²) >= 11 is 0. The second-order valence-electron chi connectivity index (χ2n) is 6.92. The number of hydrogen-bond acceptors (Lipinski definition) is 6. The highest BCUT2D eigenvalue weighted by atomic mass is 32.2. The van der Waals surface area contributed by atoms with E-state index in [2.05, 4.69) is 19.3 Å². The molecule has 0 radical (unpaired) electrons. The molecule has 0 atom stereocenters. The van der Waals surface area contributed by atoms with E-state index in [-0.39, 0.29) is 11.4 Å². The Morgan fingerprint density at radius 3 is 2.26 bits per heavy atom. The van der Waals surface area contributed by atoms with Gasteiger partial charge in [-0.1, -0.05) is 12.1 Å². The topological polar surface area (TPSA) is 71.1 Å². The number of rotatable bonds is 8. The van der Waals surface area contributed by atoms with Gasteiger partial charge in [-0.2, -0.15) is 0 Å². The predicted octanol–water partition coefficient (Wildman–Crippen LogP) is 2.69. The van der Waals surface area contributed by atoms with Crippen LogP contribution in [0.5, 0.6) is 11.5 Å². The van der Waals surface area contributed by atoms with Gasteiger partial charge in [0.05, 0.1) is 17.7 Å². The SMILES string of the molecule is COc1ccccc1N1CCN(CCNS(=O)(=O)c2ccc(OC(F)(F)F)cc2)CC1. The van der Waals surface area contributed by atoms with Crippen molar-refractivity contribution in [2.45, 2.75) is 11.3 Å². The van der Waals surface area contributed by atoms with Crippen LogP contribution in [0.4, 0.5) is 18.9 Å². The van der Waals surface area contributed by atoms with Crippen molar-refractivity contribution in [1.82, 2.24) is 9.62 Å². The fourth-order valence-electron chi connectivity index (χ4n) is 3.35. The zero-order valence-corrected chi connectivity index (χ0v) is 17.7. The molecular formula is C20H24F3N3O4S. The maximum atomic E-state index is 12.4. The van der Waals surface area contributed by atoms with E-state index in [0.29, 0.717) is 6.54 Å². The van der Waals surface area contributed by atoms with Gasteiger partial charge in [-0.3, -0.25) is 4.90 Å². The van der Waals surface area contributed by atoms with Gasteiger partial charge in [0.2, 0.25) is 10.0 Å². The number of alkyl halides is 3. The van der Waals surface area contributed by atoms with Crippen LogP contribution in [0.2, 0.25) is 0 Å².